The van der Waals surface area contributed by atoms with Crippen molar-refractivity contribution >= 4 is 10.0 Å². The van der Waals surface area contributed by atoms with Crippen LogP contribution in [0.5, 0.6) is 0 Å². The van der Waals surface area contributed by atoms with E-state index in [-0.39, 0.29) is 16.1 Å². The lowest BCUT2D eigenvalue weighted by molar-refractivity contribution is -0.145. The van der Waals surface area contributed by atoms with Crippen molar-refractivity contribution < 1.29 is 44.3 Å². The summed E-state index contributed by atoms with van der Waals surface area (Å²) in [4.78, 5) is 5.97. The molecule has 2 aromatic heterocycles. The highest BCUT2D eigenvalue weighted by Crippen LogP contribution is 2.34. The molecule has 3 heterocycles. The lowest BCUT2D eigenvalue weighted by atomic mass is 10.1. The van der Waals surface area contributed by atoms with Gasteiger partial charge in [0.15, 0.2) is 0 Å². The van der Waals surface area contributed by atoms with Crippen LogP contribution in [0.15, 0.2) is 47.8 Å². The summed E-state index contributed by atoms with van der Waals surface area (Å²) in [6, 6.07) is 1.27. The van der Waals surface area contributed by atoms with E-state index in [9.17, 15) is 44.3 Å². The molecule has 1 aromatic carbocycles. The van der Waals surface area contributed by atoms with E-state index in [0.29, 0.717) is 0 Å². The lowest BCUT2D eigenvalue weighted by Crippen LogP contribution is -2.50. The fraction of sp³-hybridized carbons (Fsp3) is 0.409. The molecule has 1 aliphatic rings. The summed E-state index contributed by atoms with van der Waals surface area (Å²) in [7, 11) is -4.39. The van der Waals surface area contributed by atoms with Crippen LogP contribution in [0.4, 0.5) is 30.7 Å². The van der Waals surface area contributed by atoms with E-state index in [0.717, 1.165) is 51.8 Å². The summed E-state index contributed by atoms with van der Waals surface area (Å²) >= 11 is 0. The molecule has 0 radical (unpaired) electrons. The van der Waals surface area contributed by atoms with Crippen molar-refractivity contribution in [3.05, 3.63) is 65.8 Å². The fourth-order valence-electron chi connectivity index (χ4n) is 4.20. The molecule has 1 saturated heterocycles. The Morgan fingerprint density at radius 1 is 1.15 bits per heavy atom. The highest BCUT2D eigenvalue weighted by molar-refractivity contribution is 7.89. The molecule has 0 amide bonds. The number of hydrogen-bond donors (Lipinski definition) is 2. The second-order valence-corrected chi connectivity index (χ2v) is 10.6. The van der Waals surface area contributed by atoms with Crippen LogP contribution in [0.1, 0.15) is 36.9 Å². The van der Waals surface area contributed by atoms with Gasteiger partial charge in [0.25, 0.3) is 6.43 Å². The number of aromatic nitrogens is 4. The van der Waals surface area contributed by atoms with Crippen LogP contribution in [0.25, 0.3) is 5.69 Å². The van der Waals surface area contributed by atoms with Gasteiger partial charge in [-0.3, -0.25) is 5.32 Å². The van der Waals surface area contributed by atoms with Gasteiger partial charge in [-0.2, -0.15) is 22.6 Å². The minimum Gasteiger partial charge on any atom is -0.377 e. The SMILES string of the molecule is C[C@H]1[C@H](F)C[C@@H](C(O)NCc2cn(-c3cnc(C(F)(F)F)nc3)nc2C(F)F)N1S(=O)(=O)c1ccc(F)cc1. The van der Waals surface area contributed by atoms with Crippen molar-refractivity contribution in [2.24, 2.45) is 0 Å². The molecular formula is C22H21F7N6O3S. The first kappa shape index (κ1) is 28.8. The van der Waals surface area contributed by atoms with E-state index in [1.165, 1.54) is 6.92 Å². The van der Waals surface area contributed by atoms with Crippen molar-refractivity contribution in [1.29, 1.82) is 0 Å². The molecule has 4 rings (SSSR count). The van der Waals surface area contributed by atoms with Crippen molar-refractivity contribution in [1.82, 2.24) is 29.4 Å². The van der Waals surface area contributed by atoms with Crippen molar-refractivity contribution in [2.75, 3.05) is 0 Å². The van der Waals surface area contributed by atoms with Crippen LogP contribution in [0.3, 0.4) is 0 Å². The fourth-order valence-corrected chi connectivity index (χ4v) is 6.05. The summed E-state index contributed by atoms with van der Waals surface area (Å²) in [6.45, 7) is 0.804. The number of rotatable bonds is 8. The number of aliphatic hydroxyl groups excluding tert-OH is 1. The van der Waals surface area contributed by atoms with E-state index in [1.807, 2.05) is 0 Å². The van der Waals surface area contributed by atoms with Gasteiger partial charge in [0.1, 0.15) is 29.6 Å². The maximum atomic E-state index is 14.6. The van der Waals surface area contributed by atoms with Gasteiger partial charge in [-0.15, -0.1) is 0 Å². The highest BCUT2D eigenvalue weighted by atomic mass is 32.2. The zero-order chi connectivity index (χ0) is 28.7. The van der Waals surface area contributed by atoms with E-state index in [1.54, 1.807) is 0 Å². The molecule has 39 heavy (non-hydrogen) atoms. The first-order valence-electron chi connectivity index (χ1n) is 11.3. The summed E-state index contributed by atoms with van der Waals surface area (Å²) in [6.07, 6.45) is -9.21. The molecule has 4 atom stereocenters. The zero-order valence-electron chi connectivity index (χ0n) is 19.9. The van der Waals surface area contributed by atoms with Gasteiger partial charge in [0.05, 0.1) is 29.4 Å². The van der Waals surface area contributed by atoms with Crippen LogP contribution < -0.4 is 5.32 Å². The number of hydrogen-bond acceptors (Lipinski definition) is 7. The Balaban J connectivity index is 1.55. The van der Waals surface area contributed by atoms with Gasteiger partial charge in [-0.05, 0) is 31.2 Å². The Labute approximate surface area is 217 Å². The normalized spacial score (nSPS) is 21.5. The molecule has 0 spiro atoms. The van der Waals surface area contributed by atoms with Gasteiger partial charge < -0.3 is 5.11 Å². The summed E-state index contributed by atoms with van der Waals surface area (Å²) in [5.41, 5.74) is -1.11. The quantitative estimate of drug-likeness (QED) is 0.310. The van der Waals surface area contributed by atoms with Gasteiger partial charge in [0.2, 0.25) is 15.8 Å². The molecular weight excluding hydrogens is 561 g/mol. The van der Waals surface area contributed by atoms with Gasteiger partial charge >= 0.3 is 6.18 Å². The molecule has 212 valence electrons. The van der Waals surface area contributed by atoms with Crippen LogP contribution in [-0.2, 0) is 22.7 Å². The minimum absolute atomic E-state index is 0.154. The van der Waals surface area contributed by atoms with Crippen LogP contribution >= 0.6 is 0 Å². The molecule has 3 aromatic rings. The second kappa shape index (κ2) is 10.8. The summed E-state index contributed by atoms with van der Waals surface area (Å²) < 4.78 is 121. The predicted octanol–water partition coefficient (Wildman–Crippen LogP) is 3.36. The minimum atomic E-state index is -4.81. The molecule has 0 saturated carbocycles. The number of sulfonamides is 1. The third-order valence-electron chi connectivity index (χ3n) is 6.16. The Morgan fingerprint density at radius 3 is 2.33 bits per heavy atom. The Kier molecular flexibility index (Phi) is 7.98. The van der Waals surface area contributed by atoms with Crippen LogP contribution in [-0.4, -0.2) is 62.1 Å². The van der Waals surface area contributed by atoms with E-state index >= 15 is 0 Å². The number of nitrogens with zero attached hydrogens (tertiary/aromatic N) is 5. The molecule has 1 aliphatic heterocycles. The first-order chi connectivity index (χ1) is 18.2. The second-order valence-electron chi connectivity index (χ2n) is 8.72. The largest absolute Gasteiger partial charge is 0.451 e. The molecule has 2 N–H and O–H groups in total. The van der Waals surface area contributed by atoms with Crippen molar-refractivity contribution in [3.8, 4) is 5.69 Å². The third kappa shape index (κ3) is 5.90. The molecule has 17 heteroatoms. The average Bonchev–Trinajstić information content (AvgIpc) is 3.44. The van der Waals surface area contributed by atoms with E-state index < -0.39 is 77.4 Å². The Morgan fingerprint density at radius 2 is 1.77 bits per heavy atom. The van der Waals surface area contributed by atoms with Gasteiger partial charge in [-0.1, -0.05) is 0 Å². The molecule has 1 unspecified atom stereocenters. The Hall–Kier alpha value is -3.15. The molecule has 1 fully saturated rings. The first-order valence-corrected chi connectivity index (χ1v) is 12.7. The monoisotopic (exact) mass is 582 g/mol. The van der Waals surface area contributed by atoms with E-state index in [2.05, 4.69) is 20.4 Å². The molecule has 9 nitrogen and oxygen atoms in total. The topological polar surface area (TPSA) is 113 Å². The van der Waals surface area contributed by atoms with Crippen molar-refractivity contribution in [3.63, 3.8) is 0 Å². The van der Waals surface area contributed by atoms with Gasteiger partial charge in [-0.25, -0.2) is 40.6 Å². The van der Waals surface area contributed by atoms with Gasteiger partial charge in [0, 0.05) is 24.7 Å². The number of alkyl halides is 6. The highest BCUT2D eigenvalue weighted by Gasteiger charge is 2.48. The number of nitrogens with one attached hydrogen (secondary N) is 1. The van der Waals surface area contributed by atoms with E-state index in [4.69, 9.17) is 0 Å². The summed E-state index contributed by atoms with van der Waals surface area (Å²) in [5, 5.41) is 16.9. The predicted molar refractivity (Wildman–Crippen MR) is 120 cm³/mol. The number of aliphatic hydroxyl groups is 1. The molecule has 0 aliphatic carbocycles. The zero-order valence-corrected chi connectivity index (χ0v) is 20.7. The maximum absolute atomic E-state index is 14.6. The lowest BCUT2D eigenvalue weighted by Gasteiger charge is -2.30. The molecule has 0 bridgehead atoms. The number of benzene rings is 1. The standard InChI is InChI=1S/C22H21F7N6O3S/c1-11-16(24)6-17(35(11)39(37,38)15-4-2-13(23)3-5-15)20(36)30-7-12-10-34(33-18(12)19(25)26)14-8-31-21(32-9-14)22(27,28)29/h2-5,8-11,16-17,19-20,30,36H,6-7H2,1H3/t11-,16+,17-,20?/m0/s1. The summed E-state index contributed by atoms with van der Waals surface area (Å²) in [5.74, 6) is -2.13. The Bertz CT molecular complexity index is 1400. The third-order valence-corrected chi connectivity index (χ3v) is 8.19. The maximum Gasteiger partial charge on any atom is 0.451 e. The number of halogens is 7. The smallest absolute Gasteiger partial charge is 0.377 e. The van der Waals surface area contributed by atoms with Crippen LogP contribution in [0, 0.1) is 5.82 Å². The van der Waals surface area contributed by atoms with Crippen LogP contribution in [0.2, 0.25) is 0 Å². The average molecular weight is 583 g/mol. The van der Waals surface area contributed by atoms with Crippen molar-refractivity contribution in [2.45, 2.75) is 61.9 Å².